The fourth-order valence-electron chi connectivity index (χ4n) is 3.64. The molecule has 1 fully saturated rings. The molecule has 1 aliphatic carbocycles. The minimum atomic E-state index is -3.28. The first-order chi connectivity index (χ1) is 13.0. The summed E-state index contributed by atoms with van der Waals surface area (Å²) in [5.74, 6) is 0. The van der Waals surface area contributed by atoms with Gasteiger partial charge in [0.15, 0.2) is 0 Å². The molecule has 0 radical (unpaired) electrons. The first-order valence-electron chi connectivity index (χ1n) is 9.10. The predicted octanol–water partition coefficient (Wildman–Crippen LogP) is 4.41. The molecule has 6 heteroatoms. The molecule has 0 saturated heterocycles. The lowest BCUT2D eigenvalue weighted by Crippen LogP contribution is -2.17. The molecule has 0 aliphatic heterocycles. The maximum Gasteiger partial charge on any atom is 0.235 e. The van der Waals surface area contributed by atoms with Gasteiger partial charge in [-0.05, 0) is 56.0 Å². The summed E-state index contributed by atoms with van der Waals surface area (Å²) < 4.78 is 29.0. The number of aromatic nitrogens is 1. The van der Waals surface area contributed by atoms with E-state index >= 15 is 0 Å². The molecular weight excluding hydrogens is 358 g/mol. The van der Waals surface area contributed by atoms with Crippen LogP contribution < -0.4 is 4.72 Å². The molecule has 1 N–H and O–H groups in total. The number of anilines is 1. The Kier molecular flexibility index (Phi) is 4.20. The molecule has 0 atom stereocenters. The van der Waals surface area contributed by atoms with Crippen LogP contribution in [-0.4, -0.2) is 18.2 Å². The second-order valence-electron chi connectivity index (χ2n) is 6.97. The average Bonchev–Trinajstić information content (AvgIpc) is 3.45. The normalized spacial score (nSPS) is 14.3. The van der Waals surface area contributed by atoms with Crippen molar-refractivity contribution in [2.45, 2.75) is 38.5 Å². The van der Waals surface area contributed by atoms with Gasteiger partial charge in [-0.3, -0.25) is 4.72 Å². The van der Waals surface area contributed by atoms with Gasteiger partial charge in [0, 0.05) is 17.6 Å². The fraction of sp³-hybridized carbons (Fsp3) is 0.286. The van der Waals surface area contributed by atoms with Gasteiger partial charge in [0.25, 0.3) is 0 Å². The Morgan fingerprint density at radius 2 is 1.89 bits per heavy atom. The van der Waals surface area contributed by atoms with E-state index in [0.717, 1.165) is 47.1 Å². The second-order valence-corrected chi connectivity index (χ2v) is 8.93. The summed E-state index contributed by atoms with van der Waals surface area (Å²) >= 11 is 0. The van der Waals surface area contributed by atoms with Crippen LogP contribution in [0.1, 0.15) is 30.9 Å². The monoisotopic (exact) mass is 379 g/mol. The SMILES string of the molecule is CCn1c(-c2ccc(NS(=O)(=O)C3CC3)cc2)c(C#N)c2c(C)cccc21. The zero-order valence-corrected chi connectivity index (χ0v) is 16.2. The number of nitrogens with zero attached hydrogens (tertiary/aromatic N) is 2. The van der Waals surface area contributed by atoms with Crippen LogP contribution in [0.4, 0.5) is 5.69 Å². The van der Waals surface area contributed by atoms with E-state index in [0.29, 0.717) is 11.3 Å². The molecule has 1 heterocycles. The summed E-state index contributed by atoms with van der Waals surface area (Å²) in [6.45, 7) is 4.82. The van der Waals surface area contributed by atoms with Crippen molar-refractivity contribution in [3.05, 3.63) is 53.6 Å². The number of hydrogen-bond acceptors (Lipinski definition) is 3. The van der Waals surface area contributed by atoms with Crippen LogP contribution in [0.15, 0.2) is 42.5 Å². The number of benzene rings is 2. The standard InChI is InChI=1S/C21H21N3O2S/c1-3-24-19-6-4-5-14(2)20(19)18(13-22)21(24)15-7-9-16(10-8-15)23-27(25,26)17-11-12-17/h4-10,17,23H,3,11-12H2,1-2H3. The minimum Gasteiger partial charge on any atom is -0.340 e. The molecule has 0 spiro atoms. The quantitative estimate of drug-likeness (QED) is 0.713. The molecule has 0 unspecified atom stereocenters. The molecule has 5 nitrogen and oxygen atoms in total. The number of hydrogen-bond donors (Lipinski definition) is 1. The van der Waals surface area contributed by atoms with Crippen molar-refractivity contribution >= 4 is 26.6 Å². The minimum absolute atomic E-state index is 0.257. The number of nitrogens with one attached hydrogen (secondary N) is 1. The van der Waals surface area contributed by atoms with E-state index in [9.17, 15) is 13.7 Å². The van der Waals surface area contributed by atoms with E-state index in [4.69, 9.17) is 0 Å². The number of fused-ring (bicyclic) bond motifs is 1. The van der Waals surface area contributed by atoms with Gasteiger partial charge in [-0.25, -0.2) is 8.42 Å². The maximum absolute atomic E-state index is 12.1. The molecule has 138 valence electrons. The van der Waals surface area contributed by atoms with Crippen molar-refractivity contribution in [3.63, 3.8) is 0 Å². The maximum atomic E-state index is 12.1. The van der Waals surface area contributed by atoms with Crippen LogP contribution in [0.25, 0.3) is 22.2 Å². The Morgan fingerprint density at radius 1 is 1.19 bits per heavy atom. The van der Waals surface area contributed by atoms with Gasteiger partial charge in [-0.15, -0.1) is 0 Å². The number of rotatable bonds is 5. The fourth-order valence-corrected chi connectivity index (χ4v) is 5.02. The molecule has 4 rings (SSSR count). The highest BCUT2D eigenvalue weighted by molar-refractivity contribution is 7.93. The van der Waals surface area contributed by atoms with E-state index in [1.807, 2.05) is 37.3 Å². The Balaban J connectivity index is 1.80. The third-order valence-electron chi connectivity index (χ3n) is 5.11. The van der Waals surface area contributed by atoms with Crippen LogP contribution in [0.3, 0.4) is 0 Å². The van der Waals surface area contributed by atoms with Crippen LogP contribution >= 0.6 is 0 Å². The van der Waals surface area contributed by atoms with Crippen LogP contribution in [0.5, 0.6) is 0 Å². The van der Waals surface area contributed by atoms with E-state index in [2.05, 4.69) is 22.3 Å². The molecule has 3 aromatic rings. The third kappa shape index (κ3) is 2.98. The highest BCUT2D eigenvalue weighted by Crippen LogP contribution is 2.36. The summed E-state index contributed by atoms with van der Waals surface area (Å²) in [7, 11) is -3.28. The zero-order chi connectivity index (χ0) is 19.2. The summed E-state index contributed by atoms with van der Waals surface area (Å²) in [6.07, 6.45) is 1.46. The van der Waals surface area contributed by atoms with Gasteiger partial charge in [0.2, 0.25) is 10.0 Å². The second kappa shape index (κ2) is 6.43. The molecule has 0 bridgehead atoms. The smallest absolute Gasteiger partial charge is 0.235 e. The Labute approximate surface area is 159 Å². The Hall–Kier alpha value is -2.78. The molecule has 1 aromatic heterocycles. The molecular formula is C21H21N3O2S. The van der Waals surface area contributed by atoms with Crippen molar-refractivity contribution in [2.75, 3.05) is 4.72 Å². The van der Waals surface area contributed by atoms with E-state index < -0.39 is 10.0 Å². The van der Waals surface area contributed by atoms with Crippen LogP contribution in [0, 0.1) is 18.3 Å². The van der Waals surface area contributed by atoms with Gasteiger partial charge >= 0.3 is 0 Å². The molecule has 0 amide bonds. The van der Waals surface area contributed by atoms with Gasteiger partial charge < -0.3 is 4.57 Å². The summed E-state index contributed by atoms with van der Waals surface area (Å²) in [4.78, 5) is 0. The topological polar surface area (TPSA) is 74.9 Å². The predicted molar refractivity (Wildman–Crippen MR) is 108 cm³/mol. The number of aryl methyl sites for hydroxylation is 2. The summed E-state index contributed by atoms with van der Waals surface area (Å²) in [5.41, 5.74) is 5.11. The van der Waals surface area contributed by atoms with Crippen molar-refractivity contribution in [3.8, 4) is 17.3 Å². The molecule has 1 aliphatic rings. The van der Waals surface area contributed by atoms with Gasteiger partial charge in [0.1, 0.15) is 6.07 Å². The van der Waals surface area contributed by atoms with Gasteiger partial charge in [-0.2, -0.15) is 5.26 Å². The summed E-state index contributed by atoms with van der Waals surface area (Å²) in [5, 5.41) is 10.6. The first kappa shape index (κ1) is 17.6. The van der Waals surface area contributed by atoms with Gasteiger partial charge in [-0.1, -0.05) is 24.3 Å². The number of nitriles is 1. The van der Waals surface area contributed by atoms with E-state index in [1.54, 1.807) is 12.1 Å². The lowest BCUT2D eigenvalue weighted by atomic mass is 10.0. The molecule has 2 aromatic carbocycles. The van der Waals surface area contributed by atoms with E-state index in [1.165, 1.54) is 0 Å². The highest BCUT2D eigenvalue weighted by Gasteiger charge is 2.35. The Bertz CT molecular complexity index is 1160. The van der Waals surface area contributed by atoms with Gasteiger partial charge in [0.05, 0.1) is 22.0 Å². The first-order valence-corrected chi connectivity index (χ1v) is 10.6. The lowest BCUT2D eigenvalue weighted by Gasteiger charge is -2.11. The van der Waals surface area contributed by atoms with Crippen LogP contribution in [-0.2, 0) is 16.6 Å². The van der Waals surface area contributed by atoms with Crippen molar-refractivity contribution in [1.29, 1.82) is 5.26 Å². The summed E-state index contributed by atoms with van der Waals surface area (Å²) in [6, 6.07) is 15.7. The van der Waals surface area contributed by atoms with Crippen molar-refractivity contribution in [2.24, 2.45) is 0 Å². The van der Waals surface area contributed by atoms with Crippen molar-refractivity contribution < 1.29 is 8.42 Å². The zero-order valence-electron chi connectivity index (χ0n) is 15.4. The highest BCUT2D eigenvalue weighted by atomic mass is 32.2. The van der Waals surface area contributed by atoms with Crippen molar-refractivity contribution in [1.82, 2.24) is 4.57 Å². The van der Waals surface area contributed by atoms with E-state index in [-0.39, 0.29) is 5.25 Å². The number of sulfonamides is 1. The third-order valence-corrected chi connectivity index (χ3v) is 6.98. The molecule has 27 heavy (non-hydrogen) atoms. The van der Waals surface area contributed by atoms with Crippen LogP contribution in [0.2, 0.25) is 0 Å². The Morgan fingerprint density at radius 3 is 2.48 bits per heavy atom. The lowest BCUT2D eigenvalue weighted by molar-refractivity contribution is 0.600. The molecule has 1 saturated carbocycles. The average molecular weight is 379 g/mol. The largest absolute Gasteiger partial charge is 0.340 e.